The third-order valence-corrected chi connectivity index (χ3v) is 2.02. The quantitative estimate of drug-likeness (QED) is 0.877. The van der Waals surface area contributed by atoms with E-state index in [0.717, 1.165) is 0 Å². The number of ether oxygens (including phenoxy) is 1. The van der Waals surface area contributed by atoms with Crippen molar-refractivity contribution in [2.45, 2.75) is 32.9 Å². The number of nitrogens with zero attached hydrogens (tertiary/aromatic N) is 1. The second kappa shape index (κ2) is 5.50. The standard InChI is InChI=1S/C13H15FN2O2/c1-13(2,3)18-12(17)16-8-10-6-4-5-9(7-15)11(10)14/h4-6H,8H2,1-3H3,(H,16,17). The van der Waals surface area contributed by atoms with Crippen molar-refractivity contribution in [3.63, 3.8) is 0 Å². The molecule has 1 N–H and O–H groups in total. The van der Waals surface area contributed by atoms with Crippen molar-refractivity contribution >= 4 is 6.09 Å². The first-order valence-electron chi connectivity index (χ1n) is 5.48. The molecule has 0 spiro atoms. The molecule has 0 bridgehead atoms. The molecule has 0 saturated carbocycles. The Labute approximate surface area is 105 Å². The SMILES string of the molecule is CC(C)(C)OC(=O)NCc1cccc(C#N)c1F. The molecular formula is C13H15FN2O2. The lowest BCUT2D eigenvalue weighted by Gasteiger charge is -2.19. The van der Waals surface area contributed by atoms with Crippen molar-refractivity contribution in [1.82, 2.24) is 5.32 Å². The largest absolute Gasteiger partial charge is 0.444 e. The van der Waals surface area contributed by atoms with Crippen LogP contribution in [0.3, 0.4) is 0 Å². The Morgan fingerprint density at radius 3 is 2.72 bits per heavy atom. The van der Waals surface area contributed by atoms with Crippen LogP contribution in [0, 0.1) is 17.1 Å². The number of hydrogen-bond donors (Lipinski definition) is 1. The molecule has 0 aliphatic heterocycles. The van der Waals surface area contributed by atoms with E-state index in [1.165, 1.54) is 12.1 Å². The van der Waals surface area contributed by atoms with Crippen LogP contribution < -0.4 is 5.32 Å². The summed E-state index contributed by atoms with van der Waals surface area (Å²) in [6.45, 7) is 5.20. The first-order chi connectivity index (χ1) is 8.33. The van der Waals surface area contributed by atoms with E-state index in [2.05, 4.69) is 5.32 Å². The van der Waals surface area contributed by atoms with Gasteiger partial charge in [0.25, 0.3) is 0 Å². The molecule has 1 amide bonds. The number of amides is 1. The minimum Gasteiger partial charge on any atom is -0.444 e. The third-order valence-electron chi connectivity index (χ3n) is 2.02. The maximum atomic E-state index is 13.6. The van der Waals surface area contributed by atoms with E-state index in [-0.39, 0.29) is 17.7 Å². The van der Waals surface area contributed by atoms with Crippen molar-refractivity contribution in [3.8, 4) is 6.07 Å². The first kappa shape index (κ1) is 14.0. The van der Waals surface area contributed by atoms with E-state index in [9.17, 15) is 9.18 Å². The van der Waals surface area contributed by atoms with Crippen LogP contribution in [-0.4, -0.2) is 11.7 Å². The summed E-state index contributed by atoms with van der Waals surface area (Å²) in [7, 11) is 0. The van der Waals surface area contributed by atoms with Crippen LogP contribution in [0.4, 0.5) is 9.18 Å². The van der Waals surface area contributed by atoms with Gasteiger partial charge in [0.1, 0.15) is 17.5 Å². The maximum absolute atomic E-state index is 13.6. The smallest absolute Gasteiger partial charge is 0.407 e. The molecule has 18 heavy (non-hydrogen) atoms. The molecule has 0 saturated heterocycles. The summed E-state index contributed by atoms with van der Waals surface area (Å²) < 4.78 is 18.7. The highest BCUT2D eigenvalue weighted by Crippen LogP contribution is 2.12. The lowest BCUT2D eigenvalue weighted by atomic mass is 10.1. The Hall–Kier alpha value is -2.09. The summed E-state index contributed by atoms with van der Waals surface area (Å²) in [6, 6.07) is 6.19. The summed E-state index contributed by atoms with van der Waals surface area (Å²) >= 11 is 0. The number of carbonyl (C=O) groups excluding carboxylic acids is 1. The van der Waals surface area contributed by atoms with Gasteiger partial charge in [-0.2, -0.15) is 5.26 Å². The molecule has 0 aliphatic carbocycles. The van der Waals surface area contributed by atoms with Crippen molar-refractivity contribution in [1.29, 1.82) is 5.26 Å². The summed E-state index contributed by atoms with van der Waals surface area (Å²) in [5, 5.41) is 11.1. The Bertz CT molecular complexity index is 487. The number of hydrogen-bond acceptors (Lipinski definition) is 3. The molecule has 5 heteroatoms. The topological polar surface area (TPSA) is 62.1 Å². The van der Waals surface area contributed by atoms with Gasteiger partial charge in [-0.1, -0.05) is 12.1 Å². The molecule has 0 radical (unpaired) electrons. The number of nitrogens with one attached hydrogen (secondary N) is 1. The number of benzene rings is 1. The number of rotatable bonds is 2. The predicted octanol–water partition coefficient (Wildman–Crippen LogP) is 2.72. The van der Waals surface area contributed by atoms with Crippen LogP contribution in [0.15, 0.2) is 18.2 Å². The van der Waals surface area contributed by atoms with E-state index in [4.69, 9.17) is 10.00 Å². The number of carbonyl (C=O) groups is 1. The first-order valence-corrected chi connectivity index (χ1v) is 5.48. The zero-order valence-electron chi connectivity index (χ0n) is 10.6. The number of halogens is 1. The fraction of sp³-hybridized carbons (Fsp3) is 0.385. The van der Waals surface area contributed by atoms with Gasteiger partial charge in [0.05, 0.1) is 5.56 Å². The van der Waals surface area contributed by atoms with Gasteiger partial charge in [-0.05, 0) is 26.8 Å². The average Bonchev–Trinajstić information content (AvgIpc) is 2.25. The molecule has 0 unspecified atom stereocenters. The molecule has 96 valence electrons. The van der Waals surface area contributed by atoms with Gasteiger partial charge >= 0.3 is 6.09 Å². The highest BCUT2D eigenvalue weighted by Gasteiger charge is 2.16. The van der Waals surface area contributed by atoms with Gasteiger partial charge in [0.15, 0.2) is 0 Å². The zero-order chi connectivity index (χ0) is 13.8. The fourth-order valence-electron chi connectivity index (χ4n) is 1.28. The summed E-state index contributed by atoms with van der Waals surface area (Å²) in [6.07, 6.45) is -0.621. The monoisotopic (exact) mass is 250 g/mol. The van der Waals surface area contributed by atoms with Gasteiger partial charge < -0.3 is 10.1 Å². The molecule has 0 aliphatic rings. The minimum absolute atomic E-state index is 0.0176. The molecule has 1 aromatic carbocycles. The van der Waals surface area contributed by atoms with Crippen molar-refractivity contribution in [3.05, 3.63) is 35.1 Å². The van der Waals surface area contributed by atoms with E-state index in [1.54, 1.807) is 32.9 Å². The molecular weight excluding hydrogens is 235 g/mol. The Kier molecular flexibility index (Phi) is 4.27. The van der Waals surface area contributed by atoms with Crippen molar-refractivity contribution in [2.75, 3.05) is 0 Å². The third kappa shape index (κ3) is 4.06. The highest BCUT2D eigenvalue weighted by molar-refractivity contribution is 5.67. The Balaban J connectivity index is 2.65. The average molecular weight is 250 g/mol. The summed E-state index contributed by atoms with van der Waals surface area (Å²) in [5.74, 6) is -0.615. The van der Waals surface area contributed by atoms with Crippen LogP contribution in [0.2, 0.25) is 0 Å². The van der Waals surface area contributed by atoms with Crippen LogP contribution in [0.25, 0.3) is 0 Å². The van der Waals surface area contributed by atoms with Crippen molar-refractivity contribution < 1.29 is 13.9 Å². The van der Waals surface area contributed by atoms with Gasteiger partial charge in [0.2, 0.25) is 0 Å². The molecule has 1 aromatic rings. The van der Waals surface area contributed by atoms with E-state index < -0.39 is 17.5 Å². The lowest BCUT2D eigenvalue weighted by Crippen LogP contribution is -2.32. The van der Waals surface area contributed by atoms with E-state index >= 15 is 0 Å². The maximum Gasteiger partial charge on any atom is 0.407 e. The lowest BCUT2D eigenvalue weighted by molar-refractivity contribution is 0.0523. The van der Waals surface area contributed by atoms with Crippen LogP contribution in [0.5, 0.6) is 0 Å². The Morgan fingerprint density at radius 2 is 2.17 bits per heavy atom. The van der Waals surface area contributed by atoms with Crippen molar-refractivity contribution in [2.24, 2.45) is 0 Å². The van der Waals surface area contributed by atoms with Crippen LogP contribution in [0.1, 0.15) is 31.9 Å². The van der Waals surface area contributed by atoms with Gasteiger partial charge in [-0.25, -0.2) is 9.18 Å². The minimum atomic E-state index is -0.621. The normalized spacial score (nSPS) is 10.6. The van der Waals surface area contributed by atoms with Crippen LogP contribution in [-0.2, 0) is 11.3 Å². The second-order valence-electron chi connectivity index (χ2n) is 4.75. The highest BCUT2D eigenvalue weighted by atomic mass is 19.1. The fourth-order valence-corrected chi connectivity index (χ4v) is 1.28. The summed E-state index contributed by atoms with van der Waals surface area (Å²) in [4.78, 5) is 11.4. The number of alkyl carbamates (subject to hydrolysis) is 1. The number of nitriles is 1. The van der Waals surface area contributed by atoms with Gasteiger partial charge in [-0.3, -0.25) is 0 Å². The van der Waals surface area contributed by atoms with E-state index in [1.807, 2.05) is 0 Å². The predicted molar refractivity (Wildman–Crippen MR) is 64.2 cm³/mol. The van der Waals surface area contributed by atoms with E-state index in [0.29, 0.717) is 0 Å². The Morgan fingerprint density at radius 1 is 1.50 bits per heavy atom. The summed E-state index contributed by atoms with van der Waals surface area (Å²) in [5.41, 5.74) is -0.393. The molecule has 4 nitrogen and oxygen atoms in total. The molecule has 0 aromatic heterocycles. The van der Waals surface area contributed by atoms with Crippen LogP contribution >= 0.6 is 0 Å². The molecule has 1 rings (SSSR count). The zero-order valence-corrected chi connectivity index (χ0v) is 10.6. The van der Waals surface area contributed by atoms with Gasteiger partial charge in [0, 0.05) is 12.1 Å². The molecule has 0 heterocycles. The molecule has 0 fully saturated rings. The second-order valence-corrected chi connectivity index (χ2v) is 4.75. The molecule has 0 atom stereocenters. The van der Waals surface area contributed by atoms with Gasteiger partial charge in [-0.15, -0.1) is 0 Å².